The Morgan fingerprint density at radius 2 is 1.80 bits per heavy atom. The summed E-state index contributed by atoms with van der Waals surface area (Å²) in [5.41, 5.74) is 4.94. The number of piperidine rings is 1. The summed E-state index contributed by atoms with van der Waals surface area (Å²) in [6, 6.07) is 8.50. The zero-order valence-corrected chi connectivity index (χ0v) is 28.3. The van der Waals surface area contributed by atoms with Crippen LogP contribution in [0.5, 0.6) is 5.75 Å². The van der Waals surface area contributed by atoms with Crippen LogP contribution in [0.4, 0.5) is 28.8 Å². The van der Waals surface area contributed by atoms with Crippen molar-refractivity contribution in [3.8, 4) is 5.75 Å². The maximum Gasteiger partial charge on any atom is 0.229 e. The molecule has 45 heavy (non-hydrogen) atoms. The first kappa shape index (κ1) is 31.6. The predicted octanol–water partition coefficient (Wildman–Crippen LogP) is 5.79. The molecule has 240 valence electrons. The van der Waals surface area contributed by atoms with Gasteiger partial charge >= 0.3 is 0 Å². The number of piperazine rings is 1. The van der Waals surface area contributed by atoms with Crippen LogP contribution in [-0.2, 0) is 11.0 Å². The molecule has 0 unspecified atom stereocenters. The van der Waals surface area contributed by atoms with Crippen molar-refractivity contribution in [3.63, 3.8) is 0 Å². The number of likely N-dealkylation sites (N-methyl/N-ethyl adjacent to an activating group) is 1. The minimum atomic E-state index is -2.75. The molecule has 2 aromatic heterocycles. The van der Waals surface area contributed by atoms with Crippen LogP contribution in [0.15, 0.2) is 41.3 Å². The van der Waals surface area contributed by atoms with Crippen LogP contribution in [0.25, 0.3) is 11.1 Å². The van der Waals surface area contributed by atoms with Gasteiger partial charge < -0.3 is 34.2 Å². The lowest BCUT2D eigenvalue weighted by atomic mass is 9.99. The number of oxazole rings is 1. The minimum absolute atomic E-state index is 0.324. The van der Waals surface area contributed by atoms with Gasteiger partial charge in [-0.05, 0) is 63.4 Å². The third kappa shape index (κ3) is 6.77. The van der Waals surface area contributed by atoms with Gasteiger partial charge in [-0.1, -0.05) is 18.5 Å². The number of methoxy groups -OCH3 is 1. The summed E-state index contributed by atoms with van der Waals surface area (Å²) >= 11 is 6.54. The standard InChI is InChI=1S/C32H42ClN8O3P/c1-6-21-17-25(28(43-3)18-26(21)41-11-9-22(10-12-41)40-15-13-39(2)14-16-40)37-32-34-19-23(33)31(38-32)36-24-7-8-27-29(35-20-44-27)30(24)45(4,5)42/h7-8,17-20,22H,6,9-16H2,1-5H3,(H2,34,36,37,38). The number of aromatic nitrogens is 3. The van der Waals surface area contributed by atoms with E-state index in [0.29, 0.717) is 50.7 Å². The first-order valence-corrected chi connectivity index (χ1v) is 18.5. The second kappa shape index (κ2) is 13.2. The van der Waals surface area contributed by atoms with Gasteiger partial charge in [0, 0.05) is 57.1 Å². The Kier molecular flexibility index (Phi) is 9.24. The van der Waals surface area contributed by atoms with Crippen molar-refractivity contribution >= 4 is 64.0 Å². The molecule has 0 atom stereocenters. The summed E-state index contributed by atoms with van der Waals surface area (Å²) in [6.45, 7) is 12.3. The number of anilines is 5. The molecular weight excluding hydrogens is 611 g/mol. The Balaban J connectivity index is 1.22. The molecule has 0 amide bonds. The van der Waals surface area contributed by atoms with Crippen molar-refractivity contribution < 1.29 is 13.7 Å². The van der Waals surface area contributed by atoms with Gasteiger partial charge in [-0.25, -0.2) is 9.97 Å². The molecule has 0 saturated carbocycles. The van der Waals surface area contributed by atoms with Crippen LogP contribution in [0.2, 0.25) is 5.02 Å². The van der Waals surface area contributed by atoms with E-state index in [1.165, 1.54) is 36.7 Å². The van der Waals surface area contributed by atoms with Gasteiger partial charge in [-0.3, -0.25) is 4.90 Å². The molecule has 2 fully saturated rings. The Hall–Kier alpha value is -3.37. The number of ether oxygens (including phenoxy) is 1. The molecule has 0 spiro atoms. The van der Waals surface area contributed by atoms with Gasteiger partial charge in [0.15, 0.2) is 17.8 Å². The van der Waals surface area contributed by atoms with Crippen LogP contribution in [0.3, 0.4) is 0 Å². The molecule has 2 aliphatic rings. The summed E-state index contributed by atoms with van der Waals surface area (Å²) in [6.07, 6.45) is 6.10. The lowest BCUT2D eigenvalue weighted by Gasteiger charge is -2.43. The molecule has 11 nitrogen and oxygen atoms in total. The van der Waals surface area contributed by atoms with Gasteiger partial charge in [-0.2, -0.15) is 4.98 Å². The fraction of sp³-hybridized carbons (Fsp3) is 0.469. The lowest BCUT2D eigenvalue weighted by Crippen LogP contribution is -2.52. The Bertz CT molecular complexity index is 1710. The molecule has 4 aromatic rings. The van der Waals surface area contributed by atoms with Gasteiger partial charge in [0.25, 0.3) is 0 Å². The number of hydrogen-bond acceptors (Lipinski definition) is 11. The average molecular weight is 653 g/mol. The molecule has 2 saturated heterocycles. The van der Waals surface area contributed by atoms with Crippen molar-refractivity contribution in [2.45, 2.75) is 32.2 Å². The summed E-state index contributed by atoms with van der Waals surface area (Å²) in [5.74, 6) is 1.44. The SMILES string of the molecule is CCc1cc(Nc2ncc(Cl)c(Nc3ccc4ocnc4c3P(C)(C)=O)n2)c(OC)cc1N1CCC(N2CCN(C)CC2)CC1. The minimum Gasteiger partial charge on any atom is -0.494 e. The predicted molar refractivity (Wildman–Crippen MR) is 183 cm³/mol. The van der Waals surface area contributed by atoms with Crippen molar-refractivity contribution in [1.82, 2.24) is 24.8 Å². The second-order valence-electron chi connectivity index (χ2n) is 12.2. The zero-order chi connectivity index (χ0) is 31.7. The molecule has 4 heterocycles. The lowest BCUT2D eigenvalue weighted by molar-refractivity contribution is 0.0982. The molecule has 13 heteroatoms. The number of halogens is 1. The van der Waals surface area contributed by atoms with Gasteiger partial charge in [0.2, 0.25) is 5.95 Å². The first-order valence-electron chi connectivity index (χ1n) is 15.5. The van der Waals surface area contributed by atoms with Crippen LogP contribution < -0.4 is 25.6 Å². The highest BCUT2D eigenvalue weighted by Crippen LogP contribution is 2.42. The van der Waals surface area contributed by atoms with Crippen LogP contribution in [0, 0.1) is 0 Å². The third-order valence-electron chi connectivity index (χ3n) is 8.90. The molecule has 2 aliphatic heterocycles. The summed E-state index contributed by atoms with van der Waals surface area (Å²) in [7, 11) is 1.14. The molecule has 0 aliphatic carbocycles. The first-order chi connectivity index (χ1) is 21.6. The maximum atomic E-state index is 13.3. The Morgan fingerprint density at radius 3 is 2.49 bits per heavy atom. The molecule has 0 bridgehead atoms. The highest BCUT2D eigenvalue weighted by molar-refractivity contribution is 7.71. The van der Waals surface area contributed by atoms with Gasteiger partial charge in [0.1, 0.15) is 23.4 Å². The van der Waals surface area contributed by atoms with E-state index in [-0.39, 0.29) is 0 Å². The number of nitrogens with one attached hydrogen (secondary N) is 2. The number of nitrogens with zero attached hydrogens (tertiary/aromatic N) is 6. The van der Waals surface area contributed by atoms with E-state index in [1.54, 1.807) is 32.6 Å². The number of fused-ring (bicyclic) bond motifs is 1. The van der Waals surface area contributed by atoms with E-state index in [4.69, 9.17) is 20.8 Å². The molecule has 2 aromatic carbocycles. The van der Waals surface area contributed by atoms with Crippen LogP contribution in [-0.4, -0.2) is 97.5 Å². The fourth-order valence-corrected chi connectivity index (χ4v) is 7.97. The third-order valence-corrected chi connectivity index (χ3v) is 10.7. The Labute approximate surface area is 269 Å². The number of hydrogen-bond donors (Lipinski definition) is 2. The van der Waals surface area contributed by atoms with E-state index >= 15 is 0 Å². The van der Waals surface area contributed by atoms with Crippen molar-refractivity contribution in [3.05, 3.63) is 47.4 Å². The fourth-order valence-electron chi connectivity index (χ4n) is 6.44. The van der Waals surface area contributed by atoms with Gasteiger partial charge in [-0.15, -0.1) is 0 Å². The van der Waals surface area contributed by atoms with Gasteiger partial charge in [0.05, 0.1) is 30.0 Å². The van der Waals surface area contributed by atoms with Crippen LogP contribution >= 0.6 is 18.7 Å². The van der Waals surface area contributed by atoms with Crippen molar-refractivity contribution in [2.75, 3.05) is 82.3 Å². The van der Waals surface area contributed by atoms with E-state index in [1.807, 2.05) is 0 Å². The zero-order valence-electron chi connectivity index (χ0n) is 26.6. The highest BCUT2D eigenvalue weighted by Gasteiger charge is 2.28. The topological polar surface area (TPSA) is 112 Å². The molecular formula is C32H42ClN8O3P. The summed E-state index contributed by atoms with van der Waals surface area (Å²) in [4.78, 5) is 21.0. The van der Waals surface area contributed by atoms with Crippen molar-refractivity contribution in [1.29, 1.82) is 0 Å². The molecule has 0 radical (unpaired) electrons. The largest absolute Gasteiger partial charge is 0.494 e. The maximum absolute atomic E-state index is 13.3. The summed E-state index contributed by atoms with van der Waals surface area (Å²) in [5, 5.41) is 7.52. The average Bonchev–Trinajstić information content (AvgIpc) is 3.51. The number of benzene rings is 2. The molecule has 2 N–H and O–H groups in total. The normalized spacial score (nSPS) is 17.2. The monoisotopic (exact) mass is 652 g/mol. The van der Waals surface area contributed by atoms with E-state index in [0.717, 1.165) is 51.4 Å². The van der Waals surface area contributed by atoms with E-state index < -0.39 is 7.14 Å². The highest BCUT2D eigenvalue weighted by atomic mass is 35.5. The molecule has 6 rings (SSSR count). The van der Waals surface area contributed by atoms with Crippen LogP contribution in [0.1, 0.15) is 25.3 Å². The van der Waals surface area contributed by atoms with E-state index in [2.05, 4.69) is 66.4 Å². The number of rotatable bonds is 9. The van der Waals surface area contributed by atoms with Crippen molar-refractivity contribution in [2.24, 2.45) is 0 Å². The Morgan fingerprint density at radius 1 is 1.04 bits per heavy atom. The van der Waals surface area contributed by atoms with E-state index in [9.17, 15) is 4.57 Å². The summed E-state index contributed by atoms with van der Waals surface area (Å²) < 4.78 is 24.6. The number of aryl methyl sites for hydroxylation is 1. The second-order valence-corrected chi connectivity index (χ2v) is 15.8. The smallest absolute Gasteiger partial charge is 0.229 e. The quantitative estimate of drug-likeness (QED) is 0.214.